The second-order valence-electron chi connectivity index (χ2n) is 5.25. The van der Waals surface area contributed by atoms with Crippen LogP contribution >= 0.6 is 0 Å². The fourth-order valence-corrected chi connectivity index (χ4v) is 2.11. The first kappa shape index (κ1) is 15.6. The minimum absolute atomic E-state index is 0.714. The van der Waals surface area contributed by atoms with Gasteiger partial charge < -0.3 is 21.3 Å². The Kier molecular flexibility index (Phi) is 6.50. The Morgan fingerprint density at radius 2 is 1.74 bits per heavy atom. The van der Waals surface area contributed by atoms with E-state index in [0.29, 0.717) is 5.69 Å². The largest absolute Gasteiger partial charge is 0.399 e. The number of benzene rings is 1. The maximum absolute atomic E-state index is 5.99. The summed E-state index contributed by atoms with van der Waals surface area (Å²) in [5.74, 6) is 0. The highest BCUT2D eigenvalue weighted by Gasteiger charge is 2.06. The number of hydrogen-bond donors (Lipinski definition) is 2. The molecular formula is C15H28N4. The zero-order chi connectivity index (χ0) is 14.3. The van der Waals surface area contributed by atoms with Gasteiger partial charge >= 0.3 is 0 Å². The monoisotopic (exact) mass is 264 g/mol. The zero-order valence-electron chi connectivity index (χ0n) is 12.5. The lowest BCUT2D eigenvalue weighted by atomic mass is 10.2. The van der Waals surface area contributed by atoms with Crippen LogP contribution in [0.1, 0.15) is 26.2 Å². The summed E-state index contributed by atoms with van der Waals surface area (Å²) in [7, 11) is 4.25. The molecule has 0 saturated carbocycles. The zero-order valence-corrected chi connectivity index (χ0v) is 12.5. The molecule has 0 unspecified atom stereocenters. The van der Waals surface area contributed by atoms with Gasteiger partial charge in [-0.1, -0.05) is 19.8 Å². The van der Waals surface area contributed by atoms with Gasteiger partial charge in [-0.05, 0) is 38.2 Å². The lowest BCUT2D eigenvalue weighted by Gasteiger charge is -2.24. The molecule has 1 aromatic rings. The fraction of sp³-hybridized carbons (Fsp3) is 0.600. The van der Waals surface area contributed by atoms with E-state index in [1.807, 2.05) is 18.2 Å². The van der Waals surface area contributed by atoms with Crippen molar-refractivity contribution in [3.05, 3.63) is 18.2 Å². The fourth-order valence-electron chi connectivity index (χ4n) is 2.11. The van der Waals surface area contributed by atoms with Crippen LogP contribution < -0.4 is 16.4 Å². The number of hydrogen-bond acceptors (Lipinski definition) is 4. The number of likely N-dealkylation sites (N-methyl/N-ethyl adjacent to an activating group) is 2. The average molecular weight is 264 g/mol. The minimum atomic E-state index is 0.714. The van der Waals surface area contributed by atoms with Crippen LogP contribution in [-0.2, 0) is 0 Å². The lowest BCUT2D eigenvalue weighted by molar-refractivity contribution is 0.332. The van der Waals surface area contributed by atoms with Gasteiger partial charge in [-0.15, -0.1) is 0 Å². The number of rotatable bonds is 8. The van der Waals surface area contributed by atoms with E-state index in [2.05, 4.69) is 30.8 Å². The van der Waals surface area contributed by atoms with Crippen LogP contribution in [0.5, 0.6) is 0 Å². The van der Waals surface area contributed by atoms with E-state index in [4.69, 9.17) is 11.5 Å². The number of nitrogens with zero attached hydrogens (tertiary/aromatic N) is 2. The second-order valence-corrected chi connectivity index (χ2v) is 5.25. The van der Waals surface area contributed by atoms with Crippen molar-refractivity contribution >= 4 is 17.1 Å². The molecule has 0 heterocycles. The smallest absolute Gasteiger partial charge is 0.0599 e. The predicted molar refractivity (Wildman–Crippen MR) is 85.6 cm³/mol. The highest BCUT2D eigenvalue weighted by molar-refractivity contribution is 5.71. The summed E-state index contributed by atoms with van der Waals surface area (Å²) in [6.07, 6.45) is 3.86. The van der Waals surface area contributed by atoms with Gasteiger partial charge in [0, 0.05) is 25.8 Å². The number of nitrogens with two attached hydrogens (primary N) is 2. The van der Waals surface area contributed by atoms with Gasteiger partial charge in [0.1, 0.15) is 0 Å². The summed E-state index contributed by atoms with van der Waals surface area (Å²) in [4.78, 5) is 4.56. The van der Waals surface area contributed by atoms with Crippen molar-refractivity contribution in [3.8, 4) is 0 Å². The van der Waals surface area contributed by atoms with E-state index >= 15 is 0 Å². The summed E-state index contributed by atoms with van der Waals surface area (Å²) in [6.45, 7) is 5.41. The number of nitrogen functional groups attached to an aromatic ring is 2. The predicted octanol–water partition coefficient (Wildman–Crippen LogP) is 2.41. The van der Waals surface area contributed by atoms with Gasteiger partial charge in [-0.3, -0.25) is 0 Å². The minimum Gasteiger partial charge on any atom is -0.399 e. The Balaban J connectivity index is 2.40. The first-order valence-electron chi connectivity index (χ1n) is 7.09. The molecule has 0 aliphatic carbocycles. The Hall–Kier alpha value is -1.42. The lowest BCUT2D eigenvalue weighted by Crippen LogP contribution is -2.31. The van der Waals surface area contributed by atoms with E-state index in [-0.39, 0.29) is 0 Å². The van der Waals surface area contributed by atoms with Crippen LogP contribution in [0.25, 0.3) is 0 Å². The molecule has 1 rings (SSSR count). The average Bonchev–Trinajstić information content (AvgIpc) is 2.36. The Labute approximate surface area is 117 Å². The van der Waals surface area contributed by atoms with Crippen molar-refractivity contribution in [1.29, 1.82) is 0 Å². The van der Waals surface area contributed by atoms with Gasteiger partial charge in [0.25, 0.3) is 0 Å². The molecule has 0 spiro atoms. The standard InChI is InChI=1S/C15H28N4/c1-4-5-6-9-18(2)10-11-19(3)15-8-7-13(16)12-14(15)17/h7-8,12H,4-6,9-11,16-17H2,1-3H3. The van der Waals surface area contributed by atoms with Crippen LogP contribution in [0.2, 0.25) is 0 Å². The molecule has 4 nitrogen and oxygen atoms in total. The summed E-state index contributed by atoms with van der Waals surface area (Å²) in [5, 5.41) is 0. The molecule has 0 saturated heterocycles. The molecule has 0 amide bonds. The summed E-state index contributed by atoms with van der Waals surface area (Å²) < 4.78 is 0. The van der Waals surface area contributed by atoms with Gasteiger partial charge in [0.2, 0.25) is 0 Å². The van der Waals surface area contributed by atoms with E-state index in [9.17, 15) is 0 Å². The van der Waals surface area contributed by atoms with E-state index < -0.39 is 0 Å². The normalized spacial score (nSPS) is 10.9. The van der Waals surface area contributed by atoms with Crippen LogP contribution in [0.15, 0.2) is 18.2 Å². The molecule has 1 aromatic carbocycles. The molecule has 19 heavy (non-hydrogen) atoms. The van der Waals surface area contributed by atoms with Crippen LogP contribution in [0.3, 0.4) is 0 Å². The molecule has 4 N–H and O–H groups in total. The Bertz CT molecular complexity index is 378. The van der Waals surface area contributed by atoms with Crippen molar-refractivity contribution in [2.45, 2.75) is 26.2 Å². The van der Waals surface area contributed by atoms with Crippen LogP contribution in [0.4, 0.5) is 17.1 Å². The van der Waals surface area contributed by atoms with Crippen molar-refractivity contribution in [1.82, 2.24) is 4.90 Å². The van der Waals surface area contributed by atoms with Gasteiger partial charge in [-0.25, -0.2) is 0 Å². The van der Waals surface area contributed by atoms with Gasteiger partial charge in [0.15, 0.2) is 0 Å². The highest BCUT2D eigenvalue weighted by atomic mass is 15.2. The maximum atomic E-state index is 5.99. The summed E-state index contributed by atoms with van der Waals surface area (Å²) >= 11 is 0. The Morgan fingerprint density at radius 1 is 1.00 bits per heavy atom. The third-order valence-corrected chi connectivity index (χ3v) is 3.42. The topological polar surface area (TPSA) is 58.5 Å². The molecule has 0 radical (unpaired) electrons. The Morgan fingerprint density at radius 3 is 2.37 bits per heavy atom. The SMILES string of the molecule is CCCCCN(C)CCN(C)c1ccc(N)cc1N. The van der Waals surface area contributed by atoms with Gasteiger partial charge in [0.05, 0.1) is 11.4 Å². The summed E-state index contributed by atoms with van der Waals surface area (Å²) in [6, 6.07) is 5.70. The molecule has 0 aliphatic rings. The van der Waals surface area contributed by atoms with E-state index in [1.54, 1.807) is 0 Å². The van der Waals surface area contributed by atoms with Crippen LogP contribution in [-0.4, -0.2) is 38.6 Å². The van der Waals surface area contributed by atoms with Crippen molar-refractivity contribution < 1.29 is 0 Å². The first-order valence-corrected chi connectivity index (χ1v) is 7.09. The molecule has 0 aliphatic heterocycles. The highest BCUT2D eigenvalue weighted by Crippen LogP contribution is 2.24. The maximum Gasteiger partial charge on any atom is 0.0599 e. The third-order valence-electron chi connectivity index (χ3n) is 3.42. The summed E-state index contributed by atoms with van der Waals surface area (Å²) in [5.41, 5.74) is 14.2. The molecule has 0 aromatic heterocycles. The molecule has 0 fully saturated rings. The van der Waals surface area contributed by atoms with Crippen molar-refractivity contribution in [2.75, 3.05) is 50.1 Å². The molecule has 0 bridgehead atoms. The quantitative estimate of drug-likeness (QED) is 0.559. The molecule has 108 valence electrons. The molecule has 4 heteroatoms. The van der Waals surface area contributed by atoms with E-state index in [1.165, 1.54) is 25.8 Å². The first-order chi connectivity index (χ1) is 9.04. The third kappa shape index (κ3) is 5.39. The number of unbranched alkanes of at least 4 members (excludes halogenated alkanes) is 2. The molecular weight excluding hydrogens is 236 g/mol. The number of anilines is 3. The van der Waals surface area contributed by atoms with Crippen molar-refractivity contribution in [3.63, 3.8) is 0 Å². The van der Waals surface area contributed by atoms with Crippen LogP contribution in [0, 0.1) is 0 Å². The molecule has 0 atom stereocenters. The van der Waals surface area contributed by atoms with Crippen molar-refractivity contribution in [2.24, 2.45) is 0 Å². The van der Waals surface area contributed by atoms with Gasteiger partial charge in [-0.2, -0.15) is 0 Å². The van der Waals surface area contributed by atoms with E-state index in [0.717, 1.165) is 24.5 Å². The second kappa shape index (κ2) is 7.89.